The van der Waals surface area contributed by atoms with Gasteiger partial charge in [-0.1, -0.05) is 5.21 Å². The summed E-state index contributed by atoms with van der Waals surface area (Å²) < 4.78 is 1.90. The van der Waals surface area contributed by atoms with Gasteiger partial charge in [-0.25, -0.2) is 0 Å². The molecule has 17 heavy (non-hydrogen) atoms. The first kappa shape index (κ1) is 14.1. The van der Waals surface area contributed by atoms with Crippen LogP contribution in [0, 0.1) is 0 Å². The van der Waals surface area contributed by atoms with Crippen LogP contribution in [0.1, 0.15) is 5.69 Å². The van der Waals surface area contributed by atoms with Crippen LogP contribution in [0.4, 0.5) is 0 Å². The van der Waals surface area contributed by atoms with Gasteiger partial charge in [-0.3, -0.25) is 4.68 Å². The third-order valence-corrected chi connectivity index (χ3v) is 2.58. The van der Waals surface area contributed by atoms with Gasteiger partial charge in [0.1, 0.15) is 0 Å². The van der Waals surface area contributed by atoms with Crippen LogP contribution >= 0.6 is 0 Å². The summed E-state index contributed by atoms with van der Waals surface area (Å²) in [4.78, 5) is 4.50. The molecule has 0 aromatic carbocycles. The topological polar surface area (TPSA) is 49.2 Å². The largest absolute Gasteiger partial charge is 0.314 e. The average molecular weight is 240 g/mol. The van der Waals surface area contributed by atoms with Gasteiger partial charge in [-0.15, -0.1) is 5.10 Å². The fraction of sp³-hybridized carbons (Fsp3) is 0.818. The summed E-state index contributed by atoms with van der Waals surface area (Å²) in [5.74, 6) is 0. The van der Waals surface area contributed by atoms with Crippen molar-refractivity contribution >= 4 is 0 Å². The molecule has 0 aliphatic heterocycles. The van der Waals surface area contributed by atoms with Gasteiger partial charge < -0.3 is 15.1 Å². The van der Waals surface area contributed by atoms with E-state index >= 15 is 0 Å². The lowest BCUT2D eigenvalue weighted by Gasteiger charge is -2.18. The van der Waals surface area contributed by atoms with Crippen molar-refractivity contribution in [1.29, 1.82) is 0 Å². The predicted molar refractivity (Wildman–Crippen MR) is 68.8 cm³/mol. The Balaban J connectivity index is 2.24. The molecule has 1 aromatic heterocycles. The second-order valence-corrected chi connectivity index (χ2v) is 4.61. The number of nitrogens with zero attached hydrogens (tertiary/aromatic N) is 5. The summed E-state index contributed by atoms with van der Waals surface area (Å²) in [6, 6.07) is 0. The van der Waals surface area contributed by atoms with Crippen LogP contribution in [0.3, 0.4) is 0 Å². The van der Waals surface area contributed by atoms with E-state index in [4.69, 9.17) is 0 Å². The molecule has 1 heterocycles. The van der Waals surface area contributed by atoms with E-state index < -0.39 is 0 Å². The molecule has 1 rings (SSSR count). The molecule has 0 aliphatic carbocycles. The van der Waals surface area contributed by atoms with Crippen LogP contribution in [0.5, 0.6) is 0 Å². The Morgan fingerprint density at radius 3 is 2.65 bits per heavy atom. The van der Waals surface area contributed by atoms with Crippen molar-refractivity contribution in [2.24, 2.45) is 0 Å². The standard InChI is InChI=1S/C11H24N6/c1-12-9-11-10-17(14-13-11)8-7-16(4)6-5-15(2)3/h10,12H,5-9H2,1-4H3. The number of likely N-dealkylation sites (N-methyl/N-ethyl adjacent to an activating group) is 2. The van der Waals surface area contributed by atoms with Crippen LogP contribution in [0.2, 0.25) is 0 Å². The fourth-order valence-corrected chi connectivity index (χ4v) is 1.47. The highest BCUT2D eigenvalue weighted by Gasteiger charge is 2.02. The van der Waals surface area contributed by atoms with Crippen molar-refractivity contribution in [3.05, 3.63) is 11.9 Å². The van der Waals surface area contributed by atoms with Gasteiger partial charge in [0.05, 0.1) is 12.2 Å². The SMILES string of the molecule is CNCc1cn(CCN(C)CCN(C)C)nn1. The molecule has 0 atom stereocenters. The highest BCUT2D eigenvalue weighted by atomic mass is 15.4. The lowest BCUT2D eigenvalue weighted by Crippen LogP contribution is -2.31. The van der Waals surface area contributed by atoms with Gasteiger partial charge in [0.2, 0.25) is 0 Å². The van der Waals surface area contributed by atoms with E-state index in [1.54, 1.807) is 0 Å². The minimum atomic E-state index is 0.774. The summed E-state index contributed by atoms with van der Waals surface area (Å²) in [6.45, 7) is 4.82. The van der Waals surface area contributed by atoms with E-state index in [1.807, 2.05) is 17.9 Å². The van der Waals surface area contributed by atoms with Crippen molar-refractivity contribution in [3.8, 4) is 0 Å². The van der Waals surface area contributed by atoms with E-state index in [2.05, 4.69) is 46.6 Å². The summed E-state index contributed by atoms with van der Waals surface area (Å²) in [5, 5.41) is 11.2. The van der Waals surface area contributed by atoms with E-state index in [9.17, 15) is 0 Å². The first-order chi connectivity index (χ1) is 8.11. The average Bonchev–Trinajstić information content (AvgIpc) is 2.72. The molecule has 0 fully saturated rings. The molecule has 0 saturated heterocycles. The first-order valence-corrected chi connectivity index (χ1v) is 5.98. The molecule has 6 heteroatoms. The number of rotatable bonds is 8. The molecule has 0 aliphatic rings. The van der Waals surface area contributed by atoms with Gasteiger partial charge in [0.25, 0.3) is 0 Å². The second kappa shape index (κ2) is 7.37. The van der Waals surface area contributed by atoms with Gasteiger partial charge in [0, 0.05) is 32.4 Å². The van der Waals surface area contributed by atoms with Gasteiger partial charge in [-0.05, 0) is 28.2 Å². The quantitative estimate of drug-likeness (QED) is 0.663. The Hall–Kier alpha value is -0.980. The summed E-state index contributed by atoms with van der Waals surface area (Å²) in [6.07, 6.45) is 2.00. The molecule has 1 N–H and O–H groups in total. The molecule has 1 aromatic rings. The Morgan fingerprint density at radius 2 is 2.00 bits per heavy atom. The molecule has 0 spiro atoms. The van der Waals surface area contributed by atoms with Crippen molar-refractivity contribution in [3.63, 3.8) is 0 Å². The maximum Gasteiger partial charge on any atom is 0.0964 e. The van der Waals surface area contributed by atoms with Gasteiger partial charge in [0.15, 0.2) is 0 Å². The highest BCUT2D eigenvalue weighted by molar-refractivity contribution is 4.90. The van der Waals surface area contributed by atoms with E-state index in [-0.39, 0.29) is 0 Å². The molecule has 0 saturated carbocycles. The molecule has 98 valence electrons. The number of aromatic nitrogens is 3. The lowest BCUT2D eigenvalue weighted by atomic mass is 10.4. The summed E-state index contributed by atoms with van der Waals surface area (Å²) in [5.41, 5.74) is 0.989. The van der Waals surface area contributed by atoms with Crippen molar-refractivity contribution in [1.82, 2.24) is 30.1 Å². The van der Waals surface area contributed by atoms with E-state index in [1.165, 1.54) is 0 Å². The highest BCUT2D eigenvalue weighted by Crippen LogP contribution is 1.93. The number of nitrogens with one attached hydrogen (secondary N) is 1. The monoisotopic (exact) mass is 240 g/mol. The first-order valence-electron chi connectivity index (χ1n) is 5.98. The summed E-state index contributed by atoms with van der Waals surface area (Å²) in [7, 11) is 8.23. The minimum Gasteiger partial charge on any atom is -0.314 e. The van der Waals surface area contributed by atoms with Gasteiger partial charge >= 0.3 is 0 Å². The normalized spacial score (nSPS) is 11.6. The maximum atomic E-state index is 4.09. The Morgan fingerprint density at radius 1 is 1.24 bits per heavy atom. The molecule has 0 unspecified atom stereocenters. The summed E-state index contributed by atoms with van der Waals surface area (Å²) >= 11 is 0. The Bertz CT molecular complexity index is 309. The van der Waals surface area contributed by atoms with Crippen LogP contribution in [-0.2, 0) is 13.1 Å². The van der Waals surface area contributed by atoms with Gasteiger partial charge in [-0.2, -0.15) is 0 Å². The minimum absolute atomic E-state index is 0.774. The van der Waals surface area contributed by atoms with Crippen molar-refractivity contribution in [2.45, 2.75) is 13.1 Å². The number of hydrogen-bond donors (Lipinski definition) is 1. The molecule has 6 nitrogen and oxygen atoms in total. The molecule has 0 amide bonds. The van der Waals surface area contributed by atoms with E-state index in [0.717, 1.165) is 38.4 Å². The van der Waals surface area contributed by atoms with Crippen LogP contribution in [-0.4, -0.2) is 72.6 Å². The van der Waals surface area contributed by atoms with Crippen molar-refractivity contribution in [2.75, 3.05) is 47.8 Å². The molecular weight excluding hydrogens is 216 g/mol. The zero-order valence-corrected chi connectivity index (χ0v) is 11.3. The lowest BCUT2D eigenvalue weighted by molar-refractivity contribution is 0.269. The zero-order valence-electron chi connectivity index (χ0n) is 11.3. The Kier molecular flexibility index (Phi) is 6.10. The number of hydrogen-bond acceptors (Lipinski definition) is 5. The molecular formula is C11H24N6. The molecule has 0 bridgehead atoms. The van der Waals surface area contributed by atoms with E-state index in [0.29, 0.717) is 0 Å². The zero-order chi connectivity index (χ0) is 12.7. The molecule has 0 radical (unpaired) electrons. The van der Waals surface area contributed by atoms with Crippen LogP contribution < -0.4 is 5.32 Å². The smallest absolute Gasteiger partial charge is 0.0964 e. The third kappa shape index (κ3) is 5.76. The maximum absolute atomic E-state index is 4.09. The fourth-order valence-electron chi connectivity index (χ4n) is 1.47. The second-order valence-electron chi connectivity index (χ2n) is 4.61. The Labute approximate surface area is 104 Å². The van der Waals surface area contributed by atoms with Crippen molar-refractivity contribution < 1.29 is 0 Å². The van der Waals surface area contributed by atoms with Crippen LogP contribution in [0.25, 0.3) is 0 Å². The predicted octanol–water partition coefficient (Wildman–Crippen LogP) is -0.509. The third-order valence-electron chi connectivity index (χ3n) is 2.58. The van der Waals surface area contributed by atoms with Crippen LogP contribution in [0.15, 0.2) is 6.20 Å².